The van der Waals surface area contributed by atoms with E-state index in [1.165, 1.54) is 0 Å². The summed E-state index contributed by atoms with van der Waals surface area (Å²) >= 11 is 0. The summed E-state index contributed by atoms with van der Waals surface area (Å²) in [4.78, 5) is 24.0. The lowest BCUT2D eigenvalue weighted by molar-refractivity contribution is -0.160. The number of fused-ring (bicyclic) bond motifs is 3. The first-order chi connectivity index (χ1) is 13.8. The van der Waals surface area contributed by atoms with E-state index in [1.54, 1.807) is 0 Å². The molecular weight excluding hydrogens is 384 g/mol. The average Bonchev–Trinajstić information content (AvgIpc) is 3.03. The van der Waals surface area contributed by atoms with E-state index in [0.29, 0.717) is 0 Å². The van der Waals surface area contributed by atoms with E-state index in [2.05, 4.69) is 4.74 Å². The molecule has 0 fully saturated rings. The van der Waals surface area contributed by atoms with Crippen molar-refractivity contribution in [3.63, 3.8) is 0 Å². The van der Waals surface area contributed by atoms with Gasteiger partial charge in [0.1, 0.15) is 6.61 Å². The molecule has 2 N–H and O–H groups in total. The fourth-order valence-corrected chi connectivity index (χ4v) is 3.45. The number of alkyl carbamates (subject to hydrolysis) is 1. The van der Waals surface area contributed by atoms with E-state index in [-0.39, 0.29) is 12.5 Å². The SMILES string of the molecule is COC(=O)[C@@H](NC(=O)OCC1c2ccccc2-c2ccccc21)[C@](C)(O)C(F)F. The minimum Gasteiger partial charge on any atom is -0.467 e. The molecule has 2 aromatic rings. The van der Waals surface area contributed by atoms with Crippen molar-refractivity contribution in [2.24, 2.45) is 0 Å². The van der Waals surface area contributed by atoms with Crippen LogP contribution in [0.3, 0.4) is 0 Å². The Hall–Kier alpha value is -3.00. The van der Waals surface area contributed by atoms with Gasteiger partial charge >= 0.3 is 12.1 Å². The van der Waals surface area contributed by atoms with Crippen molar-refractivity contribution >= 4 is 12.1 Å². The molecule has 154 valence electrons. The van der Waals surface area contributed by atoms with Gasteiger partial charge in [-0.25, -0.2) is 18.4 Å². The molecule has 2 atom stereocenters. The van der Waals surface area contributed by atoms with Gasteiger partial charge in [-0.3, -0.25) is 0 Å². The minimum absolute atomic E-state index is 0.0649. The summed E-state index contributed by atoms with van der Waals surface area (Å²) in [5.74, 6) is -1.44. The first kappa shape index (κ1) is 20.7. The van der Waals surface area contributed by atoms with E-state index >= 15 is 0 Å². The normalized spacial score (nSPS) is 15.8. The molecule has 0 saturated carbocycles. The van der Waals surface area contributed by atoms with Crippen molar-refractivity contribution in [2.45, 2.75) is 30.9 Å². The largest absolute Gasteiger partial charge is 0.467 e. The number of methoxy groups -OCH3 is 1. The zero-order chi connectivity index (χ0) is 21.2. The molecule has 2 aromatic carbocycles. The molecular formula is C21H21F2NO5. The monoisotopic (exact) mass is 405 g/mol. The number of hydrogen-bond donors (Lipinski definition) is 2. The third-order valence-corrected chi connectivity index (χ3v) is 5.07. The van der Waals surface area contributed by atoms with Gasteiger partial charge in [-0.05, 0) is 29.2 Å². The van der Waals surface area contributed by atoms with E-state index < -0.39 is 30.1 Å². The van der Waals surface area contributed by atoms with E-state index in [0.717, 1.165) is 36.3 Å². The summed E-state index contributed by atoms with van der Waals surface area (Å²) in [5.41, 5.74) is 1.20. The molecule has 1 amide bonds. The number of halogens is 2. The summed E-state index contributed by atoms with van der Waals surface area (Å²) in [5, 5.41) is 11.9. The Morgan fingerprint density at radius 2 is 1.62 bits per heavy atom. The van der Waals surface area contributed by atoms with Crippen LogP contribution in [0.15, 0.2) is 48.5 Å². The molecule has 0 spiro atoms. The standard InChI is InChI=1S/C21H21F2NO5/c1-21(27,19(22)23)17(18(25)28-2)24-20(26)29-11-16-14-9-5-3-7-12(14)13-8-4-6-10-15(13)16/h3-10,16-17,19,27H,11H2,1-2H3,(H,24,26)/t17-,21+/m1/s1. The third kappa shape index (κ3) is 3.93. The fourth-order valence-electron chi connectivity index (χ4n) is 3.45. The average molecular weight is 405 g/mol. The smallest absolute Gasteiger partial charge is 0.407 e. The van der Waals surface area contributed by atoms with Crippen LogP contribution in [0, 0.1) is 0 Å². The van der Waals surface area contributed by atoms with Crippen LogP contribution in [-0.4, -0.2) is 49.0 Å². The molecule has 0 bridgehead atoms. The molecule has 1 aliphatic carbocycles. The number of aliphatic hydroxyl groups is 1. The van der Waals surface area contributed by atoms with Crippen LogP contribution in [0.5, 0.6) is 0 Å². The van der Waals surface area contributed by atoms with Crippen molar-refractivity contribution in [1.82, 2.24) is 5.32 Å². The number of hydrogen-bond acceptors (Lipinski definition) is 5. The second-order valence-electron chi connectivity index (χ2n) is 6.95. The van der Waals surface area contributed by atoms with Gasteiger partial charge in [0, 0.05) is 5.92 Å². The Labute approximate surface area is 166 Å². The maximum atomic E-state index is 13.1. The molecule has 0 heterocycles. The quantitative estimate of drug-likeness (QED) is 0.722. The highest BCUT2D eigenvalue weighted by molar-refractivity contribution is 5.83. The predicted octanol–water partition coefficient (Wildman–Crippen LogP) is 3.08. The van der Waals surface area contributed by atoms with Gasteiger partial charge in [0.2, 0.25) is 0 Å². The highest BCUT2D eigenvalue weighted by Crippen LogP contribution is 2.44. The summed E-state index contributed by atoms with van der Waals surface area (Å²) < 4.78 is 35.9. The molecule has 3 rings (SSSR count). The topological polar surface area (TPSA) is 84.9 Å². The first-order valence-corrected chi connectivity index (χ1v) is 8.97. The van der Waals surface area contributed by atoms with Crippen molar-refractivity contribution in [3.05, 3.63) is 59.7 Å². The first-order valence-electron chi connectivity index (χ1n) is 8.97. The molecule has 0 aliphatic heterocycles. The van der Waals surface area contributed by atoms with Gasteiger partial charge in [-0.15, -0.1) is 0 Å². The number of carbonyl (C=O) groups excluding carboxylic acids is 2. The molecule has 8 heteroatoms. The molecule has 0 radical (unpaired) electrons. The second-order valence-corrected chi connectivity index (χ2v) is 6.95. The van der Waals surface area contributed by atoms with Gasteiger partial charge in [0.05, 0.1) is 7.11 Å². The van der Waals surface area contributed by atoms with Gasteiger partial charge < -0.3 is 19.9 Å². The Bertz CT molecular complexity index is 870. The second kappa shape index (κ2) is 8.16. The van der Waals surface area contributed by atoms with Crippen LogP contribution < -0.4 is 5.32 Å². The number of alkyl halides is 2. The number of esters is 1. The van der Waals surface area contributed by atoms with Crippen LogP contribution in [0.4, 0.5) is 13.6 Å². The number of carbonyl (C=O) groups is 2. The van der Waals surface area contributed by atoms with E-state index in [1.807, 2.05) is 53.8 Å². The summed E-state index contributed by atoms with van der Waals surface area (Å²) in [6, 6.07) is 13.4. The van der Waals surface area contributed by atoms with Gasteiger partial charge in [0.15, 0.2) is 11.6 Å². The van der Waals surface area contributed by atoms with Crippen LogP contribution in [0.25, 0.3) is 11.1 Å². The molecule has 0 aromatic heterocycles. The Kier molecular flexibility index (Phi) is 5.83. The molecule has 29 heavy (non-hydrogen) atoms. The highest BCUT2D eigenvalue weighted by atomic mass is 19.3. The number of ether oxygens (including phenoxy) is 2. The summed E-state index contributed by atoms with van der Waals surface area (Å²) in [6.45, 7) is 0.674. The van der Waals surface area contributed by atoms with Crippen LogP contribution in [-0.2, 0) is 14.3 Å². The van der Waals surface area contributed by atoms with Crippen molar-refractivity contribution in [3.8, 4) is 11.1 Å². The van der Waals surface area contributed by atoms with Crippen LogP contribution in [0.2, 0.25) is 0 Å². The Morgan fingerprint density at radius 1 is 1.10 bits per heavy atom. The number of amides is 1. The van der Waals surface area contributed by atoms with Gasteiger partial charge in [-0.1, -0.05) is 48.5 Å². The van der Waals surface area contributed by atoms with Crippen molar-refractivity contribution < 1.29 is 33.0 Å². The lowest BCUT2D eigenvalue weighted by atomic mass is 9.97. The van der Waals surface area contributed by atoms with E-state index in [4.69, 9.17) is 4.74 Å². The highest BCUT2D eigenvalue weighted by Gasteiger charge is 2.47. The minimum atomic E-state index is -3.29. The van der Waals surface area contributed by atoms with Gasteiger partial charge in [0.25, 0.3) is 6.43 Å². The maximum absolute atomic E-state index is 13.1. The number of nitrogens with one attached hydrogen (secondary N) is 1. The zero-order valence-corrected chi connectivity index (χ0v) is 15.9. The summed E-state index contributed by atoms with van der Waals surface area (Å²) in [6.07, 6.45) is -4.40. The lowest BCUT2D eigenvalue weighted by Gasteiger charge is -2.30. The maximum Gasteiger partial charge on any atom is 0.407 e. The molecule has 6 nitrogen and oxygen atoms in total. The van der Waals surface area contributed by atoms with Gasteiger partial charge in [-0.2, -0.15) is 0 Å². The Balaban J connectivity index is 1.74. The van der Waals surface area contributed by atoms with E-state index in [9.17, 15) is 23.5 Å². The lowest BCUT2D eigenvalue weighted by Crippen LogP contribution is -2.59. The van der Waals surface area contributed by atoms with Crippen molar-refractivity contribution in [1.29, 1.82) is 0 Å². The summed E-state index contributed by atoms with van der Waals surface area (Å²) in [7, 11) is 0.969. The van der Waals surface area contributed by atoms with Crippen molar-refractivity contribution in [2.75, 3.05) is 13.7 Å². The van der Waals surface area contributed by atoms with Crippen LogP contribution in [0.1, 0.15) is 24.0 Å². The molecule has 0 saturated heterocycles. The zero-order valence-electron chi connectivity index (χ0n) is 15.9. The fraction of sp³-hybridized carbons (Fsp3) is 0.333. The molecule has 1 aliphatic rings. The Morgan fingerprint density at radius 3 is 2.10 bits per heavy atom. The van der Waals surface area contributed by atoms with Crippen LogP contribution >= 0.6 is 0 Å². The number of benzene rings is 2. The molecule has 0 unspecified atom stereocenters. The number of rotatable bonds is 6. The third-order valence-electron chi connectivity index (χ3n) is 5.07. The predicted molar refractivity (Wildman–Crippen MR) is 101 cm³/mol.